The SMILES string of the molecule is CC1CCC(CN)(N(C)C2CCSC2)C1. The van der Waals surface area contributed by atoms with Gasteiger partial charge in [0.25, 0.3) is 0 Å². The van der Waals surface area contributed by atoms with Crippen LogP contribution in [0.3, 0.4) is 0 Å². The quantitative estimate of drug-likeness (QED) is 0.800. The fraction of sp³-hybridized carbons (Fsp3) is 1.00. The van der Waals surface area contributed by atoms with Crippen LogP contribution in [0.5, 0.6) is 0 Å². The molecule has 1 aliphatic heterocycles. The zero-order valence-corrected chi connectivity index (χ0v) is 10.9. The van der Waals surface area contributed by atoms with Crippen LogP contribution in [0.2, 0.25) is 0 Å². The summed E-state index contributed by atoms with van der Waals surface area (Å²) in [6, 6.07) is 0.781. The van der Waals surface area contributed by atoms with Crippen molar-refractivity contribution in [3.63, 3.8) is 0 Å². The highest BCUT2D eigenvalue weighted by atomic mass is 32.2. The molecule has 3 heteroatoms. The summed E-state index contributed by atoms with van der Waals surface area (Å²) < 4.78 is 0. The lowest BCUT2D eigenvalue weighted by Gasteiger charge is -2.42. The summed E-state index contributed by atoms with van der Waals surface area (Å²) in [5.74, 6) is 3.52. The Morgan fingerprint density at radius 2 is 2.27 bits per heavy atom. The van der Waals surface area contributed by atoms with Gasteiger partial charge in [-0.25, -0.2) is 0 Å². The van der Waals surface area contributed by atoms with Crippen LogP contribution < -0.4 is 5.73 Å². The molecule has 0 radical (unpaired) electrons. The number of likely N-dealkylation sites (N-methyl/N-ethyl adjacent to an activating group) is 1. The fourth-order valence-electron chi connectivity index (χ4n) is 3.23. The molecular weight excluding hydrogens is 204 g/mol. The van der Waals surface area contributed by atoms with Gasteiger partial charge >= 0.3 is 0 Å². The predicted octanol–water partition coefficient (Wildman–Crippen LogP) is 1.94. The molecule has 2 aliphatic rings. The van der Waals surface area contributed by atoms with E-state index in [1.807, 2.05) is 0 Å². The molecule has 0 aromatic heterocycles. The summed E-state index contributed by atoms with van der Waals surface area (Å²) in [5, 5.41) is 0. The van der Waals surface area contributed by atoms with Gasteiger partial charge in [0.2, 0.25) is 0 Å². The molecule has 88 valence electrons. The third-order valence-corrected chi connectivity index (χ3v) is 5.56. The van der Waals surface area contributed by atoms with E-state index in [2.05, 4.69) is 30.6 Å². The molecule has 0 aromatic rings. The average Bonchev–Trinajstić information content (AvgIpc) is 2.86. The monoisotopic (exact) mass is 228 g/mol. The highest BCUT2D eigenvalue weighted by Gasteiger charge is 2.42. The summed E-state index contributed by atoms with van der Waals surface area (Å²) in [5.41, 5.74) is 6.38. The van der Waals surface area contributed by atoms with Gasteiger partial charge in [-0.3, -0.25) is 4.90 Å². The summed E-state index contributed by atoms with van der Waals surface area (Å²) in [6.07, 6.45) is 5.34. The third-order valence-electron chi connectivity index (χ3n) is 4.41. The van der Waals surface area contributed by atoms with E-state index in [4.69, 9.17) is 5.73 Å². The highest BCUT2D eigenvalue weighted by molar-refractivity contribution is 7.99. The third kappa shape index (κ3) is 2.20. The number of hydrogen-bond donors (Lipinski definition) is 1. The van der Waals surface area contributed by atoms with E-state index in [1.165, 1.54) is 37.2 Å². The molecule has 0 amide bonds. The summed E-state index contributed by atoms with van der Waals surface area (Å²) in [4.78, 5) is 2.62. The minimum absolute atomic E-state index is 0.328. The zero-order valence-electron chi connectivity index (χ0n) is 10.0. The minimum Gasteiger partial charge on any atom is -0.329 e. The van der Waals surface area contributed by atoms with Crippen molar-refractivity contribution in [3.8, 4) is 0 Å². The molecule has 0 aromatic carbocycles. The van der Waals surface area contributed by atoms with Crippen molar-refractivity contribution < 1.29 is 0 Å². The average molecular weight is 228 g/mol. The Bertz CT molecular complexity index is 216. The van der Waals surface area contributed by atoms with Crippen LogP contribution in [0.4, 0.5) is 0 Å². The van der Waals surface area contributed by atoms with Gasteiger partial charge in [0.15, 0.2) is 0 Å². The van der Waals surface area contributed by atoms with E-state index in [0.29, 0.717) is 5.54 Å². The lowest BCUT2D eigenvalue weighted by Crippen LogP contribution is -2.54. The smallest absolute Gasteiger partial charge is 0.0334 e. The Balaban J connectivity index is 2.04. The second-order valence-electron chi connectivity index (χ2n) is 5.40. The van der Waals surface area contributed by atoms with Crippen molar-refractivity contribution in [2.75, 3.05) is 25.1 Å². The molecule has 2 N–H and O–H groups in total. The van der Waals surface area contributed by atoms with E-state index in [9.17, 15) is 0 Å². The molecule has 1 saturated carbocycles. The molecule has 1 aliphatic carbocycles. The minimum atomic E-state index is 0.328. The van der Waals surface area contributed by atoms with Crippen LogP contribution >= 0.6 is 11.8 Å². The zero-order chi connectivity index (χ0) is 10.9. The van der Waals surface area contributed by atoms with Gasteiger partial charge in [-0.1, -0.05) is 6.92 Å². The second kappa shape index (κ2) is 4.64. The van der Waals surface area contributed by atoms with Crippen LogP contribution in [0, 0.1) is 5.92 Å². The molecule has 2 nitrogen and oxygen atoms in total. The fourth-order valence-corrected chi connectivity index (χ4v) is 4.50. The molecule has 0 bridgehead atoms. The van der Waals surface area contributed by atoms with Crippen LogP contribution in [0.25, 0.3) is 0 Å². The topological polar surface area (TPSA) is 29.3 Å². The molecule has 2 fully saturated rings. The Morgan fingerprint density at radius 3 is 2.73 bits per heavy atom. The molecule has 0 spiro atoms. The van der Waals surface area contributed by atoms with Crippen LogP contribution in [-0.2, 0) is 0 Å². The first-order chi connectivity index (χ1) is 7.18. The van der Waals surface area contributed by atoms with Gasteiger partial charge < -0.3 is 5.73 Å². The van der Waals surface area contributed by atoms with Crippen molar-refractivity contribution in [3.05, 3.63) is 0 Å². The molecule has 1 saturated heterocycles. The first kappa shape index (κ1) is 11.7. The van der Waals surface area contributed by atoms with Crippen molar-refractivity contribution >= 4 is 11.8 Å². The van der Waals surface area contributed by atoms with E-state index < -0.39 is 0 Å². The predicted molar refractivity (Wildman–Crippen MR) is 68.3 cm³/mol. The first-order valence-electron chi connectivity index (χ1n) is 6.19. The van der Waals surface area contributed by atoms with Crippen LogP contribution in [0.15, 0.2) is 0 Å². The Hall–Kier alpha value is 0.270. The summed E-state index contributed by atoms with van der Waals surface area (Å²) in [6.45, 7) is 3.21. The van der Waals surface area contributed by atoms with E-state index in [0.717, 1.165) is 18.5 Å². The van der Waals surface area contributed by atoms with Crippen LogP contribution in [0.1, 0.15) is 32.6 Å². The number of nitrogens with zero attached hydrogens (tertiary/aromatic N) is 1. The van der Waals surface area contributed by atoms with Crippen molar-refractivity contribution in [2.24, 2.45) is 11.7 Å². The van der Waals surface area contributed by atoms with Gasteiger partial charge in [0.05, 0.1) is 0 Å². The number of thioether (sulfide) groups is 1. The second-order valence-corrected chi connectivity index (χ2v) is 6.55. The Morgan fingerprint density at radius 1 is 1.47 bits per heavy atom. The van der Waals surface area contributed by atoms with Gasteiger partial charge in [0, 0.05) is 23.9 Å². The lowest BCUT2D eigenvalue weighted by molar-refractivity contribution is 0.0896. The number of rotatable bonds is 3. The van der Waals surface area contributed by atoms with E-state index >= 15 is 0 Å². The van der Waals surface area contributed by atoms with Crippen molar-refractivity contribution in [1.82, 2.24) is 4.90 Å². The Labute approximate surface area is 98.0 Å². The lowest BCUT2D eigenvalue weighted by atomic mass is 9.92. The Kier molecular flexibility index (Phi) is 3.63. The summed E-state index contributed by atoms with van der Waals surface area (Å²) in [7, 11) is 2.31. The number of hydrogen-bond acceptors (Lipinski definition) is 3. The maximum Gasteiger partial charge on any atom is 0.0334 e. The first-order valence-corrected chi connectivity index (χ1v) is 7.34. The standard InChI is InChI=1S/C12H24N2S/c1-10-3-5-12(7-10,9-13)14(2)11-4-6-15-8-11/h10-11H,3-9,13H2,1-2H3. The van der Waals surface area contributed by atoms with Crippen molar-refractivity contribution in [1.29, 1.82) is 0 Å². The normalized spacial score (nSPS) is 41.6. The van der Waals surface area contributed by atoms with Crippen molar-refractivity contribution in [2.45, 2.75) is 44.2 Å². The van der Waals surface area contributed by atoms with E-state index in [1.54, 1.807) is 0 Å². The van der Waals surface area contributed by atoms with E-state index in [-0.39, 0.29) is 0 Å². The highest BCUT2D eigenvalue weighted by Crippen LogP contribution is 2.40. The van der Waals surface area contributed by atoms with Gasteiger partial charge in [0.1, 0.15) is 0 Å². The maximum absolute atomic E-state index is 6.05. The largest absolute Gasteiger partial charge is 0.329 e. The van der Waals surface area contributed by atoms with Gasteiger partial charge in [-0.15, -0.1) is 0 Å². The molecule has 3 atom stereocenters. The maximum atomic E-state index is 6.05. The molecule has 2 rings (SSSR count). The summed E-state index contributed by atoms with van der Waals surface area (Å²) >= 11 is 2.10. The van der Waals surface area contributed by atoms with Crippen LogP contribution in [-0.4, -0.2) is 41.6 Å². The van der Waals surface area contributed by atoms with Gasteiger partial charge in [-0.2, -0.15) is 11.8 Å². The number of nitrogens with two attached hydrogens (primary N) is 1. The molecule has 15 heavy (non-hydrogen) atoms. The van der Waals surface area contributed by atoms with Gasteiger partial charge in [-0.05, 0) is 44.4 Å². The molecule has 1 heterocycles. The molecule has 3 unspecified atom stereocenters. The molecular formula is C12H24N2S.